The summed E-state index contributed by atoms with van der Waals surface area (Å²) in [6.45, 7) is 1.67. The highest BCUT2D eigenvalue weighted by Crippen LogP contribution is 2.36. The Hall–Kier alpha value is -2.77. The molecule has 0 saturated carbocycles. The summed E-state index contributed by atoms with van der Waals surface area (Å²) in [6, 6.07) is 9.05. The minimum Gasteiger partial charge on any atom is -0.455 e. The average molecular weight is 403 g/mol. The van der Waals surface area contributed by atoms with Crippen molar-refractivity contribution in [3.05, 3.63) is 79.9 Å². The van der Waals surface area contributed by atoms with E-state index in [1.54, 1.807) is 12.3 Å². The Morgan fingerprint density at radius 2 is 2.15 bits per heavy atom. The molecular formula is C19H12ClFN2O3S. The van der Waals surface area contributed by atoms with Crippen LogP contribution in [0.15, 0.2) is 47.4 Å². The number of esters is 1. The second-order valence-corrected chi connectivity index (χ2v) is 7.36. The molecule has 3 heterocycles. The van der Waals surface area contributed by atoms with E-state index < -0.39 is 11.8 Å². The number of nitrogens with zero attached hydrogens (tertiary/aromatic N) is 2. The topological polar surface area (TPSA) is 60.7 Å². The number of rotatable bonds is 3. The number of ether oxygens (including phenoxy) is 1. The molecule has 0 fully saturated rings. The normalized spacial score (nSPS) is 11.2. The van der Waals surface area contributed by atoms with Crippen molar-refractivity contribution in [2.24, 2.45) is 0 Å². The number of halogens is 2. The molecule has 0 atom stereocenters. The van der Waals surface area contributed by atoms with E-state index in [0.29, 0.717) is 21.4 Å². The first-order valence-electron chi connectivity index (χ1n) is 7.96. The molecule has 5 nitrogen and oxygen atoms in total. The Labute approximate surface area is 161 Å². The fourth-order valence-corrected chi connectivity index (χ4v) is 4.19. The van der Waals surface area contributed by atoms with E-state index in [0.717, 1.165) is 16.9 Å². The molecule has 0 unspecified atom stereocenters. The van der Waals surface area contributed by atoms with Gasteiger partial charge in [-0.15, -0.1) is 11.3 Å². The molecule has 8 heteroatoms. The van der Waals surface area contributed by atoms with Crippen molar-refractivity contribution in [3.8, 4) is 0 Å². The highest BCUT2D eigenvalue weighted by Gasteiger charge is 2.19. The summed E-state index contributed by atoms with van der Waals surface area (Å²) in [5, 5.41) is 0.815. The zero-order valence-electron chi connectivity index (χ0n) is 14.0. The summed E-state index contributed by atoms with van der Waals surface area (Å²) in [7, 11) is 0. The zero-order chi connectivity index (χ0) is 19.1. The third-order valence-corrected chi connectivity index (χ3v) is 5.70. The van der Waals surface area contributed by atoms with Gasteiger partial charge >= 0.3 is 5.97 Å². The van der Waals surface area contributed by atoms with Crippen LogP contribution in [-0.4, -0.2) is 15.4 Å². The number of hydrogen-bond donors (Lipinski definition) is 0. The highest BCUT2D eigenvalue weighted by molar-refractivity contribution is 7.21. The van der Waals surface area contributed by atoms with Crippen molar-refractivity contribution in [1.29, 1.82) is 0 Å². The van der Waals surface area contributed by atoms with E-state index in [9.17, 15) is 14.0 Å². The van der Waals surface area contributed by atoms with E-state index >= 15 is 0 Å². The maximum atomic E-state index is 13.4. The molecule has 0 bridgehead atoms. The van der Waals surface area contributed by atoms with Crippen LogP contribution in [0, 0.1) is 12.7 Å². The summed E-state index contributed by atoms with van der Waals surface area (Å²) in [6.07, 6.45) is 1.63. The maximum absolute atomic E-state index is 13.4. The van der Waals surface area contributed by atoms with Crippen molar-refractivity contribution >= 4 is 44.6 Å². The number of benzene rings is 1. The van der Waals surface area contributed by atoms with Gasteiger partial charge in [0.25, 0.3) is 5.56 Å². The van der Waals surface area contributed by atoms with Crippen LogP contribution in [0.2, 0.25) is 5.02 Å². The van der Waals surface area contributed by atoms with Gasteiger partial charge in [0, 0.05) is 22.3 Å². The fraction of sp³-hybridized carbons (Fsp3) is 0.105. The Morgan fingerprint density at radius 3 is 2.96 bits per heavy atom. The first kappa shape index (κ1) is 17.6. The van der Waals surface area contributed by atoms with Crippen molar-refractivity contribution in [1.82, 2.24) is 9.38 Å². The van der Waals surface area contributed by atoms with E-state index in [4.69, 9.17) is 16.3 Å². The predicted octanol–water partition coefficient (Wildman–Crippen LogP) is 4.37. The summed E-state index contributed by atoms with van der Waals surface area (Å²) in [5.41, 5.74) is 1.42. The maximum Gasteiger partial charge on any atom is 0.350 e. The van der Waals surface area contributed by atoms with Gasteiger partial charge in [-0.25, -0.2) is 14.2 Å². The number of thiophene rings is 1. The van der Waals surface area contributed by atoms with Crippen LogP contribution in [0.3, 0.4) is 0 Å². The number of carbonyl (C=O) groups excluding carboxylic acids is 1. The lowest BCUT2D eigenvalue weighted by Gasteiger charge is -2.07. The lowest BCUT2D eigenvalue weighted by Crippen LogP contribution is -2.17. The zero-order valence-corrected chi connectivity index (χ0v) is 15.6. The van der Waals surface area contributed by atoms with Crippen LogP contribution >= 0.6 is 22.9 Å². The molecule has 1 aromatic carbocycles. The van der Waals surface area contributed by atoms with Crippen LogP contribution in [0.5, 0.6) is 0 Å². The summed E-state index contributed by atoms with van der Waals surface area (Å²) < 4.78 is 20.6. The van der Waals surface area contributed by atoms with Gasteiger partial charge in [0.15, 0.2) is 0 Å². The number of hydrogen-bond acceptors (Lipinski definition) is 5. The first-order valence-corrected chi connectivity index (χ1v) is 9.16. The third kappa shape index (κ3) is 3.20. The summed E-state index contributed by atoms with van der Waals surface area (Å²) in [5.74, 6) is -1.05. The standard InChI is InChI=1S/C19H12ClFN2O3S/c1-10-3-2-6-23-15(24)8-12(22-18(10)23)9-26-19(25)17-16(20)13-5-4-11(21)7-14(13)27-17/h2-8H,9H2,1H3. The number of carbonyl (C=O) groups is 1. The minimum absolute atomic E-state index is 0.169. The van der Waals surface area contributed by atoms with Gasteiger partial charge in [-0.2, -0.15) is 0 Å². The van der Waals surface area contributed by atoms with E-state index in [2.05, 4.69) is 4.98 Å². The van der Waals surface area contributed by atoms with Crippen LogP contribution in [-0.2, 0) is 11.3 Å². The summed E-state index contributed by atoms with van der Waals surface area (Å²) in [4.78, 5) is 29.2. The molecule has 0 spiro atoms. The number of pyridine rings is 1. The summed E-state index contributed by atoms with van der Waals surface area (Å²) >= 11 is 7.29. The molecule has 0 aliphatic carbocycles. The smallest absolute Gasteiger partial charge is 0.350 e. The van der Waals surface area contributed by atoms with Gasteiger partial charge in [-0.3, -0.25) is 9.20 Å². The van der Waals surface area contributed by atoms with Crippen LogP contribution in [0.4, 0.5) is 4.39 Å². The molecule has 0 saturated heterocycles. The molecule has 136 valence electrons. The van der Waals surface area contributed by atoms with E-state index in [1.165, 1.54) is 28.7 Å². The fourth-order valence-electron chi connectivity index (χ4n) is 2.76. The Bertz CT molecular complexity index is 1270. The quantitative estimate of drug-likeness (QED) is 0.477. The second-order valence-electron chi connectivity index (χ2n) is 5.93. The lowest BCUT2D eigenvalue weighted by atomic mass is 10.2. The van der Waals surface area contributed by atoms with Crippen molar-refractivity contribution in [3.63, 3.8) is 0 Å². The second kappa shape index (κ2) is 6.75. The van der Waals surface area contributed by atoms with Gasteiger partial charge < -0.3 is 4.74 Å². The molecule has 27 heavy (non-hydrogen) atoms. The molecule has 0 aliphatic heterocycles. The minimum atomic E-state index is -0.645. The molecule has 0 radical (unpaired) electrons. The number of aryl methyl sites for hydroxylation is 1. The molecule has 0 aliphatic rings. The molecule has 4 aromatic rings. The van der Waals surface area contributed by atoms with E-state index in [-0.39, 0.29) is 22.1 Å². The number of aromatic nitrogens is 2. The van der Waals surface area contributed by atoms with Gasteiger partial charge in [0.1, 0.15) is 22.9 Å². The SMILES string of the molecule is Cc1cccn2c(=O)cc(COC(=O)c3sc4cc(F)ccc4c3Cl)nc12. The predicted molar refractivity (Wildman–Crippen MR) is 102 cm³/mol. The molecule has 0 amide bonds. The Kier molecular flexibility index (Phi) is 4.41. The molecule has 3 aromatic heterocycles. The molecule has 0 N–H and O–H groups in total. The number of fused-ring (bicyclic) bond motifs is 2. The van der Waals surface area contributed by atoms with Gasteiger partial charge in [0.05, 0.1) is 10.7 Å². The highest BCUT2D eigenvalue weighted by atomic mass is 35.5. The van der Waals surface area contributed by atoms with Crippen LogP contribution in [0.25, 0.3) is 15.7 Å². The van der Waals surface area contributed by atoms with Gasteiger partial charge in [0.2, 0.25) is 0 Å². The van der Waals surface area contributed by atoms with E-state index in [1.807, 2.05) is 13.0 Å². The van der Waals surface area contributed by atoms with Crippen LogP contribution in [0.1, 0.15) is 20.9 Å². The third-order valence-electron chi connectivity index (χ3n) is 4.07. The van der Waals surface area contributed by atoms with Crippen LogP contribution < -0.4 is 5.56 Å². The lowest BCUT2D eigenvalue weighted by molar-refractivity contribution is 0.0474. The monoisotopic (exact) mass is 402 g/mol. The Balaban J connectivity index is 1.61. The van der Waals surface area contributed by atoms with Crippen molar-refractivity contribution in [2.45, 2.75) is 13.5 Å². The Morgan fingerprint density at radius 1 is 1.33 bits per heavy atom. The molecule has 4 rings (SSSR count). The largest absolute Gasteiger partial charge is 0.455 e. The van der Waals surface area contributed by atoms with Gasteiger partial charge in [-0.1, -0.05) is 17.7 Å². The van der Waals surface area contributed by atoms with Crippen molar-refractivity contribution in [2.75, 3.05) is 0 Å². The first-order chi connectivity index (χ1) is 12.9. The van der Waals surface area contributed by atoms with Gasteiger partial charge in [-0.05, 0) is 36.8 Å². The van der Waals surface area contributed by atoms with Crippen molar-refractivity contribution < 1.29 is 13.9 Å². The average Bonchev–Trinajstić information content (AvgIpc) is 2.96. The molecular weight excluding hydrogens is 391 g/mol.